The molecule has 2 N–H and O–H groups in total. The number of nitrogens with zero attached hydrogens (tertiary/aromatic N) is 2. The van der Waals surface area contributed by atoms with Crippen LogP contribution in [0.2, 0.25) is 0 Å². The molecule has 0 aromatic heterocycles. The Bertz CT molecular complexity index is 470. The number of nitrogens with one attached hydrogen (secondary N) is 2. The topological polar surface area (TPSA) is 58.1 Å². The van der Waals surface area contributed by atoms with Crippen molar-refractivity contribution < 1.29 is 9.47 Å². The van der Waals surface area contributed by atoms with Crippen LogP contribution < -0.4 is 15.4 Å². The summed E-state index contributed by atoms with van der Waals surface area (Å²) in [6.45, 7) is 4.24. The van der Waals surface area contributed by atoms with E-state index in [1.165, 1.54) is 5.56 Å². The van der Waals surface area contributed by atoms with Crippen LogP contribution in [0.15, 0.2) is 29.3 Å². The second-order valence-electron chi connectivity index (χ2n) is 5.14. The number of rotatable bonds is 5. The highest BCUT2D eigenvalue weighted by Crippen LogP contribution is 2.23. The van der Waals surface area contributed by atoms with Gasteiger partial charge in [0, 0.05) is 33.7 Å². The molecule has 1 atom stereocenters. The van der Waals surface area contributed by atoms with Crippen molar-refractivity contribution in [1.29, 1.82) is 0 Å². The van der Waals surface area contributed by atoms with Crippen molar-refractivity contribution >= 4 is 5.96 Å². The van der Waals surface area contributed by atoms with E-state index in [1.54, 1.807) is 14.2 Å². The van der Waals surface area contributed by atoms with Crippen molar-refractivity contribution in [2.45, 2.75) is 6.04 Å². The largest absolute Gasteiger partial charge is 0.497 e. The van der Waals surface area contributed by atoms with Gasteiger partial charge in [-0.15, -0.1) is 0 Å². The Hall–Kier alpha value is -1.79. The second kappa shape index (κ2) is 8.60. The predicted octanol–water partition coefficient (Wildman–Crippen LogP) is 0.863. The Morgan fingerprint density at radius 2 is 2.00 bits per heavy atom. The lowest BCUT2D eigenvalue weighted by Gasteiger charge is -2.35. The summed E-state index contributed by atoms with van der Waals surface area (Å²) < 4.78 is 10.7. The molecule has 1 saturated heterocycles. The molecule has 0 spiro atoms. The van der Waals surface area contributed by atoms with Gasteiger partial charge < -0.3 is 20.1 Å². The molecule has 0 amide bonds. The fourth-order valence-electron chi connectivity index (χ4n) is 2.65. The molecule has 0 aliphatic carbocycles. The third kappa shape index (κ3) is 4.35. The van der Waals surface area contributed by atoms with E-state index in [1.807, 2.05) is 19.2 Å². The van der Waals surface area contributed by atoms with Crippen LogP contribution in [0.25, 0.3) is 0 Å². The zero-order valence-corrected chi connectivity index (χ0v) is 13.6. The van der Waals surface area contributed by atoms with E-state index in [0.29, 0.717) is 0 Å². The fourth-order valence-corrected chi connectivity index (χ4v) is 2.65. The summed E-state index contributed by atoms with van der Waals surface area (Å²) in [6.07, 6.45) is 0. The van der Waals surface area contributed by atoms with E-state index < -0.39 is 0 Å². The molecule has 2 rings (SSSR count). The van der Waals surface area contributed by atoms with Crippen LogP contribution in [0.4, 0.5) is 0 Å². The summed E-state index contributed by atoms with van der Waals surface area (Å²) in [4.78, 5) is 6.62. The van der Waals surface area contributed by atoms with Crippen molar-refractivity contribution in [3.8, 4) is 5.75 Å². The molecule has 1 unspecified atom stereocenters. The number of ether oxygens (including phenoxy) is 2. The van der Waals surface area contributed by atoms with Gasteiger partial charge in [-0.2, -0.15) is 0 Å². The molecule has 122 valence electrons. The van der Waals surface area contributed by atoms with Gasteiger partial charge in [-0.25, -0.2) is 0 Å². The first-order valence-electron chi connectivity index (χ1n) is 7.62. The molecule has 6 nitrogen and oxygen atoms in total. The average molecular weight is 306 g/mol. The molecule has 1 aromatic carbocycles. The van der Waals surface area contributed by atoms with Gasteiger partial charge in [0.1, 0.15) is 5.75 Å². The van der Waals surface area contributed by atoms with E-state index >= 15 is 0 Å². The third-order valence-corrected chi connectivity index (χ3v) is 3.91. The van der Waals surface area contributed by atoms with Gasteiger partial charge in [0.25, 0.3) is 0 Å². The van der Waals surface area contributed by atoms with Crippen molar-refractivity contribution in [3.05, 3.63) is 29.8 Å². The SMILES string of the molecule is CN=C(NC)NCC(c1ccc(OC)cc1)N1CCOCC1. The molecule has 1 fully saturated rings. The first-order chi connectivity index (χ1) is 10.8. The molecule has 1 aliphatic rings. The summed E-state index contributed by atoms with van der Waals surface area (Å²) in [5.74, 6) is 1.68. The normalized spacial score (nSPS) is 17.9. The van der Waals surface area contributed by atoms with Crippen molar-refractivity contribution in [3.63, 3.8) is 0 Å². The number of guanidine groups is 1. The van der Waals surface area contributed by atoms with Crippen molar-refractivity contribution in [1.82, 2.24) is 15.5 Å². The number of morpholine rings is 1. The number of aliphatic imine (C=N–C) groups is 1. The molecule has 0 bridgehead atoms. The van der Waals surface area contributed by atoms with Crippen LogP contribution in [0.1, 0.15) is 11.6 Å². The second-order valence-corrected chi connectivity index (χ2v) is 5.14. The molecule has 1 aliphatic heterocycles. The van der Waals surface area contributed by atoms with Gasteiger partial charge in [-0.05, 0) is 17.7 Å². The van der Waals surface area contributed by atoms with E-state index in [9.17, 15) is 0 Å². The van der Waals surface area contributed by atoms with E-state index in [2.05, 4.69) is 32.7 Å². The summed E-state index contributed by atoms with van der Waals surface area (Å²) in [5, 5.41) is 6.42. The first kappa shape index (κ1) is 16.6. The Labute approximate surface area is 132 Å². The highest BCUT2D eigenvalue weighted by Gasteiger charge is 2.22. The maximum Gasteiger partial charge on any atom is 0.190 e. The highest BCUT2D eigenvalue weighted by molar-refractivity contribution is 5.79. The lowest BCUT2D eigenvalue weighted by Crippen LogP contribution is -2.45. The van der Waals surface area contributed by atoms with E-state index in [4.69, 9.17) is 9.47 Å². The zero-order valence-electron chi connectivity index (χ0n) is 13.6. The average Bonchev–Trinajstić information content (AvgIpc) is 2.60. The predicted molar refractivity (Wildman–Crippen MR) is 88.5 cm³/mol. The lowest BCUT2D eigenvalue weighted by molar-refractivity contribution is 0.0170. The molecule has 1 heterocycles. The maximum atomic E-state index is 5.47. The van der Waals surface area contributed by atoms with E-state index in [-0.39, 0.29) is 6.04 Å². The summed E-state index contributed by atoms with van der Waals surface area (Å²) in [7, 11) is 5.33. The van der Waals surface area contributed by atoms with Gasteiger partial charge in [0.2, 0.25) is 0 Å². The monoisotopic (exact) mass is 306 g/mol. The minimum absolute atomic E-state index is 0.278. The molecule has 0 radical (unpaired) electrons. The van der Waals surface area contributed by atoms with Crippen LogP contribution in [0.5, 0.6) is 5.75 Å². The Morgan fingerprint density at radius 1 is 1.32 bits per heavy atom. The Morgan fingerprint density at radius 3 is 2.55 bits per heavy atom. The summed E-state index contributed by atoms with van der Waals surface area (Å²) >= 11 is 0. The Balaban J connectivity index is 2.12. The Kier molecular flexibility index (Phi) is 6.48. The molecule has 22 heavy (non-hydrogen) atoms. The van der Waals surface area contributed by atoms with Crippen LogP contribution in [-0.2, 0) is 4.74 Å². The smallest absolute Gasteiger partial charge is 0.190 e. The molecule has 1 aromatic rings. The minimum Gasteiger partial charge on any atom is -0.497 e. The molecule has 0 saturated carbocycles. The van der Waals surface area contributed by atoms with Gasteiger partial charge >= 0.3 is 0 Å². The minimum atomic E-state index is 0.278. The number of benzene rings is 1. The standard InChI is InChI=1S/C16H26N4O2/c1-17-16(18-2)19-12-15(20-8-10-22-11-9-20)13-4-6-14(21-3)7-5-13/h4-7,15H,8-12H2,1-3H3,(H2,17,18,19). The van der Waals surface area contributed by atoms with Crippen LogP contribution >= 0.6 is 0 Å². The molecular weight excluding hydrogens is 280 g/mol. The fraction of sp³-hybridized carbons (Fsp3) is 0.562. The quantitative estimate of drug-likeness (QED) is 0.624. The molecular formula is C16H26N4O2. The van der Waals surface area contributed by atoms with Gasteiger partial charge in [0.15, 0.2) is 5.96 Å². The summed E-state index contributed by atoms with van der Waals surface area (Å²) in [5.41, 5.74) is 1.27. The van der Waals surface area contributed by atoms with Gasteiger partial charge in [-0.3, -0.25) is 9.89 Å². The number of hydrogen-bond acceptors (Lipinski definition) is 4. The van der Waals surface area contributed by atoms with Gasteiger partial charge in [-0.1, -0.05) is 12.1 Å². The first-order valence-corrected chi connectivity index (χ1v) is 7.62. The van der Waals surface area contributed by atoms with Gasteiger partial charge in [0.05, 0.1) is 26.4 Å². The lowest BCUT2D eigenvalue weighted by atomic mass is 10.0. The third-order valence-electron chi connectivity index (χ3n) is 3.91. The van der Waals surface area contributed by atoms with Crippen LogP contribution in [0.3, 0.4) is 0 Å². The molecule has 6 heteroatoms. The maximum absolute atomic E-state index is 5.47. The van der Waals surface area contributed by atoms with Crippen LogP contribution in [0, 0.1) is 0 Å². The van der Waals surface area contributed by atoms with E-state index in [0.717, 1.165) is 44.6 Å². The number of methoxy groups -OCH3 is 1. The van der Waals surface area contributed by atoms with Crippen LogP contribution in [-0.4, -0.2) is 64.9 Å². The number of hydrogen-bond donors (Lipinski definition) is 2. The zero-order chi connectivity index (χ0) is 15.8. The van der Waals surface area contributed by atoms with Crippen molar-refractivity contribution in [2.24, 2.45) is 4.99 Å². The highest BCUT2D eigenvalue weighted by atomic mass is 16.5. The van der Waals surface area contributed by atoms with Crippen molar-refractivity contribution in [2.75, 3.05) is 54.1 Å². The summed E-state index contributed by atoms with van der Waals surface area (Å²) in [6, 6.07) is 8.55.